The molecule has 0 bridgehead atoms. The highest BCUT2D eigenvalue weighted by atomic mass is 35.5. The topological polar surface area (TPSA) is 58.6 Å². The molecule has 2 amide bonds. The van der Waals surface area contributed by atoms with Crippen LogP contribution in [0.5, 0.6) is 5.75 Å². The predicted molar refractivity (Wildman–Crippen MR) is 126 cm³/mol. The number of anilines is 2. The Morgan fingerprint density at radius 2 is 1.84 bits per heavy atom. The Morgan fingerprint density at radius 3 is 2.58 bits per heavy atom. The molecule has 3 aromatic rings. The average Bonchev–Trinajstić information content (AvgIpc) is 3.37. The predicted octanol–water partition coefficient (Wildman–Crippen LogP) is 5.90. The van der Waals surface area contributed by atoms with Crippen LogP contribution in [0.25, 0.3) is 5.57 Å². The van der Waals surface area contributed by atoms with Gasteiger partial charge in [-0.25, -0.2) is 4.90 Å². The van der Waals surface area contributed by atoms with Crippen molar-refractivity contribution in [2.75, 3.05) is 16.8 Å². The molecule has 0 aliphatic carbocycles. The van der Waals surface area contributed by atoms with Crippen molar-refractivity contribution in [3.63, 3.8) is 0 Å². The number of para-hydroxylation sites is 2. The van der Waals surface area contributed by atoms with Crippen molar-refractivity contribution >= 4 is 51.7 Å². The van der Waals surface area contributed by atoms with Crippen LogP contribution in [0, 0.1) is 6.92 Å². The van der Waals surface area contributed by atoms with E-state index in [2.05, 4.69) is 5.32 Å². The number of amides is 2. The molecule has 0 unspecified atom stereocenters. The van der Waals surface area contributed by atoms with Gasteiger partial charge in [-0.2, -0.15) is 0 Å². The molecule has 7 heteroatoms. The van der Waals surface area contributed by atoms with Gasteiger partial charge in [-0.15, -0.1) is 11.3 Å². The minimum absolute atomic E-state index is 0.225. The highest BCUT2D eigenvalue weighted by Gasteiger charge is 2.42. The fraction of sp³-hybridized carbons (Fsp3) is 0.167. The first-order chi connectivity index (χ1) is 15.0. The lowest BCUT2D eigenvalue weighted by atomic mass is 10.1. The SMILES string of the molecule is CCCOc1ccccc1N1C(=O)C(Nc2cccc(Cl)c2C)=C(c2cccs2)C1=O. The molecule has 1 aliphatic heterocycles. The van der Waals surface area contributed by atoms with Gasteiger partial charge in [0, 0.05) is 15.6 Å². The third kappa shape index (κ3) is 3.96. The fourth-order valence-electron chi connectivity index (χ4n) is 3.37. The second-order valence-corrected chi connectivity index (χ2v) is 8.38. The molecule has 2 heterocycles. The van der Waals surface area contributed by atoms with Crippen LogP contribution in [-0.2, 0) is 9.59 Å². The van der Waals surface area contributed by atoms with Gasteiger partial charge in [0.15, 0.2) is 0 Å². The molecule has 5 nitrogen and oxygen atoms in total. The average molecular weight is 453 g/mol. The Kier molecular flexibility index (Phi) is 6.11. The van der Waals surface area contributed by atoms with E-state index in [0.717, 1.165) is 16.9 Å². The smallest absolute Gasteiger partial charge is 0.282 e. The van der Waals surface area contributed by atoms with E-state index in [0.29, 0.717) is 34.3 Å². The Morgan fingerprint density at radius 1 is 1.03 bits per heavy atom. The molecule has 1 aromatic heterocycles. The molecule has 0 saturated carbocycles. The molecule has 158 valence electrons. The molecular weight excluding hydrogens is 432 g/mol. The standard InChI is InChI=1S/C24H21ClN2O3S/c1-3-13-30-19-11-5-4-10-18(19)27-23(28)21(20-12-7-14-31-20)22(24(27)29)26-17-9-6-8-16(25)15(17)2/h4-12,14,26H,3,13H2,1-2H3. The maximum Gasteiger partial charge on any atom is 0.282 e. The molecule has 31 heavy (non-hydrogen) atoms. The number of rotatable bonds is 7. The Balaban J connectivity index is 1.80. The van der Waals surface area contributed by atoms with Crippen LogP contribution >= 0.6 is 22.9 Å². The Labute approximate surface area is 189 Å². The van der Waals surface area contributed by atoms with Crippen LogP contribution in [0.1, 0.15) is 23.8 Å². The lowest BCUT2D eigenvalue weighted by Gasteiger charge is -2.19. The molecule has 1 aliphatic rings. The summed E-state index contributed by atoms with van der Waals surface area (Å²) in [4.78, 5) is 29.0. The normalized spacial score (nSPS) is 13.8. The third-order valence-electron chi connectivity index (χ3n) is 4.95. The first kappa shape index (κ1) is 21.2. The number of ether oxygens (including phenoxy) is 1. The number of halogens is 1. The Hall–Kier alpha value is -3.09. The van der Waals surface area contributed by atoms with Gasteiger partial charge in [-0.1, -0.05) is 42.8 Å². The minimum Gasteiger partial charge on any atom is -0.491 e. The van der Waals surface area contributed by atoms with Gasteiger partial charge in [0.25, 0.3) is 11.8 Å². The van der Waals surface area contributed by atoms with Gasteiger partial charge < -0.3 is 10.1 Å². The summed E-state index contributed by atoms with van der Waals surface area (Å²) in [6, 6.07) is 16.2. The van der Waals surface area contributed by atoms with Gasteiger partial charge in [-0.3, -0.25) is 9.59 Å². The zero-order valence-corrected chi connectivity index (χ0v) is 18.7. The van der Waals surface area contributed by atoms with Crippen molar-refractivity contribution in [3.05, 3.63) is 81.1 Å². The lowest BCUT2D eigenvalue weighted by molar-refractivity contribution is -0.120. The molecule has 0 radical (unpaired) electrons. The fourth-order valence-corrected chi connectivity index (χ4v) is 4.31. The van der Waals surface area contributed by atoms with Gasteiger partial charge in [0.2, 0.25) is 0 Å². The summed E-state index contributed by atoms with van der Waals surface area (Å²) in [6.07, 6.45) is 0.815. The van der Waals surface area contributed by atoms with Crippen LogP contribution in [0.2, 0.25) is 5.02 Å². The number of thiophene rings is 1. The van der Waals surface area contributed by atoms with Crippen molar-refractivity contribution in [1.29, 1.82) is 0 Å². The van der Waals surface area contributed by atoms with Gasteiger partial charge >= 0.3 is 0 Å². The summed E-state index contributed by atoms with van der Waals surface area (Å²) < 4.78 is 5.81. The number of benzene rings is 2. The summed E-state index contributed by atoms with van der Waals surface area (Å²) in [5.74, 6) is -0.320. The van der Waals surface area contributed by atoms with Crippen LogP contribution < -0.4 is 15.0 Å². The first-order valence-corrected chi connectivity index (χ1v) is 11.2. The number of nitrogens with zero attached hydrogens (tertiary/aromatic N) is 1. The summed E-state index contributed by atoms with van der Waals surface area (Å²) in [5.41, 5.74) is 2.47. The van der Waals surface area contributed by atoms with E-state index < -0.39 is 5.91 Å². The van der Waals surface area contributed by atoms with Gasteiger partial charge in [-0.05, 0) is 54.6 Å². The second-order valence-electron chi connectivity index (χ2n) is 7.03. The zero-order valence-electron chi connectivity index (χ0n) is 17.1. The molecule has 0 saturated heterocycles. The molecule has 0 spiro atoms. The largest absolute Gasteiger partial charge is 0.491 e. The van der Waals surface area contributed by atoms with Crippen LogP contribution in [-0.4, -0.2) is 18.4 Å². The van der Waals surface area contributed by atoms with E-state index in [1.54, 1.807) is 30.3 Å². The maximum absolute atomic E-state index is 13.5. The van der Waals surface area contributed by atoms with E-state index >= 15 is 0 Å². The van der Waals surface area contributed by atoms with Crippen molar-refractivity contribution in [2.24, 2.45) is 0 Å². The van der Waals surface area contributed by atoms with Crippen molar-refractivity contribution < 1.29 is 14.3 Å². The van der Waals surface area contributed by atoms with Crippen LogP contribution in [0.4, 0.5) is 11.4 Å². The first-order valence-electron chi connectivity index (χ1n) is 9.93. The Bertz CT molecular complexity index is 1170. The number of hydrogen-bond donors (Lipinski definition) is 1. The molecule has 2 aromatic carbocycles. The van der Waals surface area contributed by atoms with Crippen LogP contribution in [0.3, 0.4) is 0 Å². The molecule has 4 rings (SSSR count). The van der Waals surface area contributed by atoms with Gasteiger partial charge in [0.1, 0.15) is 11.4 Å². The number of hydrogen-bond acceptors (Lipinski definition) is 5. The summed E-state index contributed by atoms with van der Waals surface area (Å²) in [7, 11) is 0. The number of carbonyl (C=O) groups excluding carboxylic acids is 2. The van der Waals surface area contributed by atoms with Crippen molar-refractivity contribution in [1.82, 2.24) is 0 Å². The van der Waals surface area contributed by atoms with Crippen LogP contribution in [0.15, 0.2) is 65.7 Å². The highest BCUT2D eigenvalue weighted by molar-refractivity contribution is 7.11. The number of imide groups is 1. The lowest BCUT2D eigenvalue weighted by Crippen LogP contribution is -2.32. The summed E-state index contributed by atoms with van der Waals surface area (Å²) in [5, 5.41) is 5.64. The number of carbonyl (C=O) groups is 2. The van der Waals surface area contributed by atoms with E-state index in [-0.39, 0.29) is 11.6 Å². The molecule has 1 N–H and O–H groups in total. The second kappa shape index (κ2) is 8.96. The molecule has 0 atom stereocenters. The zero-order chi connectivity index (χ0) is 22.0. The van der Waals surface area contributed by atoms with E-state index in [9.17, 15) is 9.59 Å². The third-order valence-corrected chi connectivity index (χ3v) is 6.24. The molecular formula is C24H21ClN2O3S. The maximum atomic E-state index is 13.5. The monoisotopic (exact) mass is 452 g/mol. The summed E-state index contributed by atoms with van der Waals surface area (Å²) >= 11 is 7.67. The van der Waals surface area contributed by atoms with Crippen molar-refractivity contribution in [2.45, 2.75) is 20.3 Å². The van der Waals surface area contributed by atoms with E-state index in [1.165, 1.54) is 16.2 Å². The van der Waals surface area contributed by atoms with Gasteiger partial charge in [0.05, 0.1) is 17.9 Å². The quantitative estimate of drug-likeness (QED) is 0.454. The molecule has 0 fully saturated rings. The van der Waals surface area contributed by atoms with E-state index in [4.69, 9.17) is 16.3 Å². The van der Waals surface area contributed by atoms with E-state index in [1.807, 2.05) is 43.5 Å². The number of nitrogens with one attached hydrogen (secondary N) is 1. The minimum atomic E-state index is -0.430. The summed E-state index contributed by atoms with van der Waals surface area (Å²) in [6.45, 7) is 4.36. The highest BCUT2D eigenvalue weighted by Crippen LogP contribution is 2.39. The van der Waals surface area contributed by atoms with Crippen molar-refractivity contribution in [3.8, 4) is 5.75 Å².